The molecule has 2 amide bonds. The summed E-state index contributed by atoms with van der Waals surface area (Å²) in [4.78, 5) is 25.3. The van der Waals surface area contributed by atoms with Crippen molar-refractivity contribution in [3.63, 3.8) is 0 Å². The quantitative estimate of drug-likeness (QED) is 0.883. The standard InChI is InChI=1S/C13H20N4O2S/c1-2-11-15-16-12(20-11)8-14-10(18)9-17-7-5-3-4-6-13(17)19/h2-9H2,1H3,(H,14,18). The average Bonchev–Trinajstić information content (AvgIpc) is 2.82. The van der Waals surface area contributed by atoms with Crippen molar-refractivity contribution in [2.75, 3.05) is 13.1 Å². The number of rotatable bonds is 5. The smallest absolute Gasteiger partial charge is 0.239 e. The van der Waals surface area contributed by atoms with Crippen molar-refractivity contribution in [2.24, 2.45) is 0 Å². The van der Waals surface area contributed by atoms with Gasteiger partial charge in [0.1, 0.15) is 10.0 Å². The molecule has 0 atom stereocenters. The molecule has 0 aliphatic carbocycles. The molecule has 1 aliphatic heterocycles. The molecule has 0 radical (unpaired) electrons. The summed E-state index contributed by atoms with van der Waals surface area (Å²) >= 11 is 1.51. The van der Waals surface area contributed by atoms with Gasteiger partial charge in [-0.25, -0.2) is 0 Å². The van der Waals surface area contributed by atoms with Crippen molar-refractivity contribution in [1.29, 1.82) is 0 Å². The lowest BCUT2D eigenvalue weighted by atomic mass is 10.2. The number of hydrogen-bond acceptors (Lipinski definition) is 5. The number of amides is 2. The zero-order valence-corrected chi connectivity index (χ0v) is 12.5. The van der Waals surface area contributed by atoms with Crippen molar-refractivity contribution in [3.8, 4) is 0 Å². The van der Waals surface area contributed by atoms with Gasteiger partial charge in [-0.2, -0.15) is 0 Å². The Morgan fingerprint density at radius 1 is 1.30 bits per heavy atom. The Bertz CT molecular complexity index is 475. The van der Waals surface area contributed by atoms with Crippen LogP contribution in [-0.4, -0.2) is 40.0 Å². The predicted octanol–water partition coefficient (Wildman–Crippen LogP) is 1.12. The molecule has 6 nitrogen and oxygen atoms in total. The number of carbonyl (C=O) groups excluding carboxylic acids is 2. The van der Waals surface area contributed by atoms with Crippen LogP contribution in [0.4, 0.5) is 0 Å². The van der Waals surface area contributed by atoms with Crippen LogP contribution < -0.4 is 5.32 Å². The van der Waals surface area contributed by atoms with Crippen LogP contribution in [0.25, 0.3) is 0 Å². The van der Waals surface area contributed by atoms with Gasteiger partial charge >= 0.3 is 0 Å². The van der Waals surface area contributed by atoms with Gasteiger partial charge in [-0.05, 0) is 19.3 Å². The number of nitrogens with zero attached hydrogens (tertiary/aromatic N) is 3. The molecule has 0 spiro atoms. The first kappa shape index (κ1) is 14.9. The lowest BCUT2D eigenvalue weighted by Gasteiger charge is -2.19. The first-order valence-electron chi connectivity index (χ1n) is 7.04. The minimum absolute atomic E-state index is 0.0850. The van der Waals surface area contributed by atoms with Crippen LogP contribution in [0, 0.1) is 0 Å². The molecule has 1 N–H and O–H groups in total. The highest BCUT2D eigenvalue weighted by molar-refractivity contribution is 7.11. The normalized spacial score (nSPS) is 16.1. The largest absolute Gasteiger partial charge is 0.348 e. The monoisotopic (exact) mass is 296 g/mol. The van der Waals surface area contributed by atoms with Crippen molar-refractivity contribution in [1.82, 2.24) is 20.4 Å². The van der Waals surface area contributed by atoms with E-state index in [-0.39, 0.29) is 18.4 Å². The minimum atomic E-state index is -0.131. The summed E-state index contributed by atoms with van der Waals surface area (Å²) in [5.74, 6) is -0.0460. The lowest BCUT2D eigenvalue weighted by Crippen LogP contribution is -2.40. The fraction of sp³-hybridized carbons (Fsp3) is 0.692. The van der Waals surface area contributed by atoms with Crippen LogP contribution in [0.1, 0.15) is 42.6 Å². The maximum Gasteiger partial charge on any atom is 0.239 e. The van der Waals surface area contributed by atoms with E-state index in [1.165, 1.54) is 11.3 Å². The number of likely N-dealkylation sites (tertiary alicyclic amines) is 1. The molecule has 0 aromatic carbocycles. The molecule has 110 valence electrons. The van der Waals surface area contributed by atoms with Crippen LogP contribution in [0.15, 0.2) is 0 Å². The van der Waals surface area contributed by atoms with E-state index in [9.17, 15) is 9.59 Å². The van der Waals surface area contributed by atoms with Gasteiger partial charge in [-0.15, -0.1) is 10.2 Å². The van der Waals surface area contributed by atoms with E-state index < -0.39 is 0 Å². The number of aromatic nitrogens is 2. The Hall–Kier alpha value is -1.50. The van der Waals surface area contributed by atoms with Crippen LogP contribution in [0.2, 0.25) is 0 Å². The third-order valence-corrected chi connectivity index (χ3v) is 4.32. The molecule has 2 heterocycles. The van der Waals surface area contributed by atoms with Crippen molar-refractivity contribution >= 4 is 23.2 Å². The van der Waals surface area contributed by atoms with Gasteiger partial charge in [0, 0.05) is 13.0 Å². The maximum absolute atomic E-state index is 11.9. The topological polar surface area (TPSA) is 75.2 Å². The van der Waals surface area contributed by atoms with E-state index in [1.54, 1.807) is 4.90 Å². The number of aryl methyl sites for hydroxylation is 1. The Balaban J connectivity index is 1.78. The molecule has 1 saturated heterocycles. The average molecular weight is 296 g/mol. The summed E-state index contributed by atoms with van der Waals surface area (Å²) in [5, 5.41) is 12.6. The molecule has 2 rings (SSSR count). The van der Waals surface area contributed by atoms with Crippen molar-refractivity contribution in [3.05, 3.63) is 10.0 Å². The second-order valence-corrected chi connectivity index (χ2v) is 5.99. The molecule has 20 heavy (non-hydrogen) atoms. The number of nitrogens with one attached hydrogen (secondary N) is 1. The Morgan fingerprint density at radius 2 is 2.10 bits per heavy atom. The minimum Gasteiger partial charge on any atom is -0.348 e. The van der Waals surface area contributed by atoms with Crippen LogP contribution in [0.5, 0.6) is 0 Å². The first-order chi connectivity index (χ1) is 9.69. The fourth-order valence-electron chi connectivity index (χ4n) is 2.11. The highest BCUT2D eigenvalue weighted by Gasteiger charge is 2.19. The van der Waals surface area contributed by atoms with Crippen LogP contribution in [-0.2, 0) is 22.6 Å². The van der Waals surface area contributed by atoms with E-state index in [1.807, 2.05) is 6.92 Å². The van der Waals surface area contributed by atoms with Gasteiger partial charge in [0.2, 0.25) is 11.8 Å². The third kappa shape index (κ3) is 4.26. The van der Waals surface area contributed by atoms with E-state index in [2.05, 4.69) is 15.5 Å². The molecule has 1 fully saturated rings. The molecule has 1 aliphatic rings. The first-order valence-corrected chi connectivity index (χ1v) is 7.86. The van der Waals surface area contributed by atoms with E-state index >= 15 is 0 Å². The summed E-state index contributed by atoms with van der Waals surface area (Å²) in [6, 6.07) is 0. The van der Waals surface area contributed by atoms with Gasteiger partial charge in [0.05, 0.1) is 13.1 Å². The van der Waals surface area contributed by atoms with E-state index in [4.69, 9.17) is 0 Å². The van der Waals surface area contributed by atoms with Crippen molar-refractivity contribution < 1.29 is 9.59 Å². The summed E-state index contributed by atoms with van der Waals surface area (Å²) in [5.41, 5.74) is 0. The SMILES string of the molecule is CCc1nnc(CNC(=O)CN2CCCCCC2=O)s1. The molecular weight excluding hydrogens is 276 g/mol. The summed E-state index contributed by atoms with van der Waals surface area (Å²) in [6.45, 7) is 3.25. The van der Waals surface area contributed by atoms with Crippen LogP contribution in [0.3, 0.4) is 0 Å². The number of hydrogen-bond donors (Lipinski definition) is 1. The fourth-order valence-corrected chi connectivity index (χ4v) is 2.84. The van der Waals surface area contributed by atoms with E-state index in [0.29, 0.717) is 19.5 Å². The maximum atomic E-state index is 11.9. The third-order valence-electron chi connectivity index (χ3n) is 3.25. The highest BCUT2D eigenvalue weighted by Crippen LogP contribution is 2.11. The Morgan fingerprint density at radius 3 is 2.85 bits per heavy atom. The van der Waals surface area contributed by atoms with Crippen LogP contribution >= 0.6 is 11.3 Å². The molecule has 0 saturated carbocycles. The van der Waals surface area contributed by atoms with Gasteiger partial charge < -0.3 is 10.2 Å². The molecule has 1 aromatic heterocycles. The molecule has 7 heteroatoms. The highest BCUT2D eigenvalue weighted by atomic mass is 32.1. The summed E-state index contributed by atoms with van der Waals surface area (Å²) in [6.07, 6.45) is 4.39. The zero-order valence-electron chi connectivity index (χ0n) is 11.7. The van der Waals surface area contributed by atoms with Gasteiger partial charge in [-0.1, -0.05) is 24.7 Å². The Labute approximate surface area is 122 Å². The van der Waals surface area contributed by atoms with Crippen molar-refractivity contribution in [2.45, 2.75) is 45.6 Å². The molecule has 1 aromatic rings. The second-order valence-electron chi connectivity index (χ2n) is 4.85. The zero-order chi connectivity index (χ0) is 14.4. The van der Waals surface area contributed by atoms with E-state index in [0.717, 1.165) is 35.7 Å². The molecule has 0 bridgehead atoms. The van der Waals surface area contributed by atoms with Gasteiger partial charge in [-0.3, -0.25) is 9.59 Å². The van der Waals surface area contributed by atoms with Gasteiger partial charge in [0.25, 0.3) is 0 Å². The van der Waals surface area contributed by atoms with Gasteiger partial charge in [0.15, 0.2) is 0 Å². The Kier molecular flexibility index (Phi) is 5.46. The second kappa shape index (κ2) is 7.33. The molecule has 0 unspecified atom stereocenters. The lowest BCUT2D eigenvalue weighted by molar-refractivity contribution is -0.135. The predicted molar refractivity (Wildman–Crippen MR) is 76.2 cm³/mol. The summed E-state index contributed by atoms with van der Waals surface area (Å²) < 4.78 is 0. The molecular formula is C13H20N4O2S. The number of carbonyl (C=O) groups is 2. The summed E-state index contributed by atoms with van der Waals surface area (Å²) in [7, 11) is 0.